The lowest BCUT2D eigenvalue weighted by atomic mass is 9.96. The first-order valence-electron chi connectivity index (χ1n) is 6.05. The summed E-state index contributed by atoms with van der Waals surface area (Å²) in [6.45, 7) is 0. The number of halogens is 3. The quantitative estimate of drug-likeness (QED) is 0.864. The number of anilines is 1. The molecule has 2 aromatic rings. The average molecular weight is 271 g/mol. The summed E-state index contributed by atoms with van der Waals surface area (Å²) in [5.74, 6) is -0.314. The minimum absolute atomic E-state index is 0.00160. The van der Waals surface area contributed by atoms with Crippen molar-refractivity contribution >= 4 is 11.6 Å². The van der Waals surface area contributed by atoms with E-state index in [2.05, 4.69) is 15.1 Å². The van der Waals surface area contributed by atoms with Crippen LogP contribution in [0.1, 0.15) is 42.9 Å². The largest absolute Gasteiger partial charge is 0.433 e. The topological polar surface area (TPSA) is 69.1 Å². The fourth-order valence-electron chi connectivity index (χ4n) is 2.71. The zero-order valence-corrected chi connectivity index (χ0v) is 9.98. The van der Waals surface area contributed by atoms with Gasteiger partial charge in [-0.15, -0.1) is 0 Å². The maximum absolute atomic E-state index is 13.1. The molecule has 2 aromatic heterocycles. The molecule has 19 heavy (non-hydrogen) atoms. The number of hydrogen-bond donors (Lipinski definition) is 1. The molecule has 0 radical (unpaired) electrons. The molecule has 3 rings (SSSR count). The minimum Gasteiger partial charge on any atom is -0.383 e. The van der Waals surface area contributed by atoms with Crippen molar-refractivity contribution in [3.8, 4) is 0 Å². The van der Waals surface area contributed by atoms with Crippen LogP contribution in [0.5, 0.6) is 0 Å². The number of fused-ring (bicyclic) bond motifs is 1. The van der Waals surface area contributed by atoms with E-state index >= 15 is 0 Å². The number of nitrogen functional groups attached to an aromatic ring is 1. The van der Waals surface area contributed by atoms with Gasteiger partial charge in [-0.1, -0.05) is 12.8 Å². The van der Waals surface area contributed by atoms with Gasteiger partial charge in [0.25, 0.3) is 5.78 Å². The Morgan fingerprint density at radius 1 is 1.26 bits per heavy atom. The number of alkyl halides is 3. The van der Waals surface area contributed by atoms with Crippen molar-refractivity contribution in [3.05, 3.63) is 17.6 Å². The predicted octanol–water partition coefficient (Wildman–Crippen LogP) is 2.38. The number of rotatable bonds is 1. The second-order valence-corrected chi connectivity index (χ2v) is 4.71. The van der Waals surface area contributed by atoms with Crippen molar-refractivity contribution in [2.45, 2.75) is 37.8 Å². The molecule has 1 aliphatic rings. The number of nitrogens with zero attached hydrogens (tertiary/aromatic N) is 4. The predicted molar refractivity (Wildman–Crippen MR) is 61.4 cm³/mol. The number of aromatic nitrogens is 4. The van der Waals surface area contributed by atoms with Crippen LogP contribution in [0.4, 0.5) is 19.0 Å². The number of nitrogens with two attached hydrogens (primary N) is 1. The van der Waals surface area contributed by atoms with Crippen molar-refractivity contribution in [1.29, 1.82) is 0 Å². The highest BCUT2D eigenvalue weighted by Crippen LogP contribution is 2.43. The van der Waals surface area contributed by atoms with Crippen LogP contribution in [0.2, 0.25) is 0 Å². The normalized spacial score (nSPS) is 17.4. The van der Waals surface area contributed by atoms with Crippen molar-refractivity contribution in [2.75, 3.05) is 5.73 Å². The van der Waals surface area contributed by atoms with Gasteiger partial charge in [0.1, 0.15) is 12.1 Å². The highest BCUT2D eigenvalue weighted by Gasteiger charge is 2.40. The van der Waals surface area contributed by atoms with E-state index in [0.29, 0.717) is 12.8 Å². The molecular formula is C11H12F3N5. The van der Waals surface area contributed by atoms with Crippen LogP contribution >= 0.6 is 0 Å². The summed E-state index contributed by atoms with van der Waals surface area (Å²) in [5, 5.41) is 3.82. The van der Waals surface area contributed by atoms with E-state index in [9.17, 15) is 13.2 Å². The van der Waals surface area contributed by atoms with Gasteiger partial charge < -0.3 is 5.73 Å². The Morgan fingerprint density at radius 3 is 2.58 bits per heavy atom. The van der Waals surface area contributed by atoms with E-state index in [0.717, 1.165) is 19.2 Å². The molecule has 0 spiro atoms. The summed E-state index contributed by atoms with van der Waals surface area (Å²) in [6.07, 6.45) is -0.144. The van der Waals surface area contributed by atoms with Gasteiger partial charge in [0.2, 0.25) is 0 Å². The Bertz CT molecular complexity index is 613. The van der Waals surface area contributed by atoms with Crippen molar-refractivity contribution in [1.82, 2.24) is 19.6 Å². The molecule has 0 aliphatic heterocycles. The Labute approximate surface area is 106 Å². The standard InChI is InChI=1S/C11H12F3N5/c12-11(13,14)8-7(6-3-1-2-4-6)9(15)19-10(18-8)16-5-17-19/h5-6H,1-4,15H2. The molecule has 102 valence electrons. The van der Waals surface area contributed by atoms with Crippen LogP contribution in [-0.4, -0.2) is 19.6 Å². The second-order valence-electron chi connectivity index (χ2n) is 4.71. The van der Waals surface area contributed by atoms with Crippen molar-refractivity contribution in [3.63, 3.8) is 0 Å². The van der Waals surface area contributed by atoms with Crippen molar-refractivity contribution in [2.24, 2.45) is 0 Å². The van der Waals surface area contributed by atoms with Gasteiger partial charge in [-0.05, 0) is 18.8 Å². The molecule has 1 fully saturated rings. The summed E-state index contributed by atoms with van der Waals surface area (Å²) >= 11 is 0. The lowest BCUT2D eigenvalue weighted by Gasteiger charge is -2.18. The van der Waals surface area contributed by atoms with Crippen LogP contribution in [-0.2, 0) is 6.18 Å². The summed E-state index contributed by atoms with van der Waals surface area (Å²) < 4.78 is 40.6. The van der Waals surface area contributed by atoms with E-state index in [1.807, 2.05) is 0 Å². The van der Waals surface area contributed by atoms with Gasteiger partial charge in [-0.25, -0.2) is 4.98 Å². The molecule has 2 heterocycles. The van der Waals surface area contributed by atoms with Crippen LogP contribution in [0, 0.1) is 0 Å². The van der Waals surface area contributed by atoms with Gasteiger partial charge in [-0.3, -0.25) is 0 Å². The Kier molecular flexibility index (Phi) is 2.61. The third-order valence-electron chi connectivity index (χ3n) is 3.53. The minimum atomic E-state index is -4.53. The maximum atomic E-state index is 13.1. The summed E-state index contributed by atoms with van der Waals surface area (Å²) in [4.78, 5) is 7.28. The molecule has 0 aromatic carbocycles. The highest BCUT2D eigenvalue weighted by molar-refractivity contribution is 5.52. The van der Waals surface area contributed by atoms with Gasteiger partial charge in [0.05, 0.1) is 0 Å². The zero-order chi connectivity index (χ0) is 13.6. The van der Waals surface area contributed by atoms with E-state index in [4.69, 9.17) is 5.73 Å². The molecule has 1 aliphatic carbocycles. The fraction of sp³-hybridized carbons (Fsp3) is 0.545. The molecule has 0 amide bonds. The van der Waals surface area contributed by atoms with Gasteiger partial charge in [0, 0.05) is 5.56 Å². The first kappa shape index (κ1) is 12.2. The maximum Gasteiger partial charge on any atom is 0.433 e. The fourth-order valence-corrected chi connectivity index (χ4v) is 2.71. The Hall–Kier alpha value is -1.86. The highest BCUT2D eigenvalue weighted by atomic mass is 19.4. The third kappa shape index (κ3) is 1.91. The first-order chi connectivity index (χ1) is 8.98. The number of hydrogen-bond acceptors (Lipinski definition) is 4. The molecule has 0 bridgehead atoms. The zero-order valence-electron chi connectivity index (χ0n) is 9.98. The Balaban J connectivity index is 2.28. The van der Waals surface area contributed by atoms with Gasteiger partial charge in [0.15, 0.2) is 5.69 Å². The van der Waals surface area contributed by atoms with Crippen LogP contribution in [0.15, 0.2) is 6.33 Å². The van der Waals surface area contributed by atoms with E-state index < -0.39 is 11.9 Å². The molecule has 0 atom stereocenters. The van der Waals surface area contributed by atoms with Gasteiger partial charge in [-0.2, -0.15) is 27.8 Å². The summed E-state index contributed by atoms with van der Waals surface area (Å²) in [7, 11) is 0. The monoisotopic (exact) mass is 271 g/mol. The molecule has 0 saturated heterocycles. The smallest absolute Gasteiger partial charge is 0.383 e. The molecule has 0 unspecified atom stereocenters. The van der Waals surface area contributed by atoms with Crippen LogP contribution in [0.25, 0.3) is 5.78 Å². The molecule has 8 heteroatoms. The SMILES string of the molecule is Nc1c(C2CCCC2)c(C(F)(F)F)nc2ncnn12. The molecule has 1 saturated carbocycles. The van der Waals surface area contributed by atoms with E-state index in [1.54, 1.807) is 0 Å². The second kappa shape index (κ2) is 4.07. The van der Waals surface area contributed by atoms with Gasteiger partial charge >= 0.3 is 6.18 Å². The lowest BCUT2D eigenvalue weighted by molar-refractivity contribution is -0.141. The van der Waals surface area contributed by atoms with Crippen LogP contribution < -0.4 is 5.73 Å². The first-order valence-corrected chi connectivity index (χ1v) is 6.05. The summed E-state index contributed by atoms with van der Waals surface area (Å²) in [5.41, 5.74) is 5.01. The Morgan fingerprint density at radius 2 is 1.95 bits per heavy atom. The van der Waals surface area contributed by atoms with Crippen LogP contribution in [0.3, 0.4) is 0 Å². The third-order valence-corrected chi connectivity index (χ3v) is 3.53. The van der Waals surface area contributed by atoms with E-state index in [1.165, 1.54) is 4.52 Å². The van der Waals surface area contributed by atoms with Crippen molar-refractivity contribution < 1.29 is 13.2 Å². The molecule has 5 nitrogen and oxygen atoms in total. The average Bonchev–Trinajstić information content (AvgIpc) is 2.97. The summed E-state index contributed by atoms with van der Waals surface area (Å²) in [6, 6.07) is 0. The van der Waals surface area contributed by atoms with E-state index in [-0.39, 0.29) is 23.1 Å². The molecule has 2 N–H and O–H groups in total. The molecular weight excluding hydrogens is 259 g/mol. The lowest BCUT2D eigenvalue weighted by Crippen LogP contribution is -2.19.